The number of aliphatic hydroxyl groups is 1. The molecule has 1 amide bonds. The number of amides is 1. The topological polar surface area (TPSA) is 75.1 Å². The fourth-order valence-electron chi connectivity index (χ4n) is 2.14. The van der Waals surface area contributed by atoms with Gasteiger partial charge in [0.15, 0.2) is 0 Å². The van der Waals surface area contributed by atoms with Crippen molar-refractivity contribution < 1.29 is 9.90 Å². The van der Waals surface area contributed by atoms with Crippen molar-refractivity contribution in [2.75, 3.05) is 5.32 Å². The summed E-state index contributed by atoms with van der Waals surface area (Å²) in [6, 6.07) is 0. The van der Waals surface area contributed by atoms with E-state index in [1.807, 2.05) is 20.8 Å². The molecular weight excluding hydrogens is 262 g/mol. The molecule has 19 heavy (non-hydrogen) atoms. The third-order valence-electron chi connectivity index (χ3n) is 2.94. The molecule has 0 fully saturated rings. The number of aryl methyl sites for hydroxylation is 1. The summed E-state index contributed by atoms with van der Waals surface area (Å²) < 4.78 is 0. The average Bonchev–Trinajstić information content (AvgIpc) is 2.76. The Labute approximate surface area is 118 Å². The van der Waals surface area contributed by atoms with E-state index in [9.17, 15) is 9.90 Å². The van der Waals surface area contributed by atoms with Crippen LogP contribution in [-0.2, 0) is 11.2 Å². The van der Waals surface area contributed by atoms with Crippen LogP contribution in [-0.4, -0.2) is 26.8 Å². The maximum Gasteiger partial charge on any atom is 0.229 e. The largest absolute Gasteiger partial charge is 0.389 e. The van der Waals surface area contributed by atoms with Gasteiger partial charge in [0.2, 0.25) is 11.0 Å². The first kappa shape index (κ1) is 16.0. The Morgan fingerprint density at radius 2 is 1.89 bits per heavy atom. The average molecular weight is 285 g/mol. The lowest BCUT2D eigenvalue weighted by Gasteiger charge is -2.26. The van der Waals surface area contributed by atoms with Gasteiger partial charge in [-0.3, -0.25) is 4.79 Å². The van der Waals surface area contributed by atoms with Gasteiger partial charge >= 0.3 is 0 Å². The Kier molecular flexibility index (Phi) is 6.37. The van der Waals surface area contributed by atoms with Gasteiger partial charge in [-0.2, -0.15) is 0 Å². The Hall–Kier alpha value is -1.01. The number of rotatable bonds is 8. The number of carbonyl (C=O) groups excluding carboxylic acids is 1. The first-order valence-corrected chi connectivity index (χ1v) is 7.69. The summed E-state index contributed by atoms with van der Waals surface area (Å²) in [5, 5.41) is 22.4. The maximum absolute atomic E-state index is 11.9. The second-order valence-corrected chi connectivity index (χ2v) is 5.87. The summed E-state index contributed by atoms with van der Waals surface area (Å²) in [6.07, 6.45) is 3.94. The molecular formula is C13H23N3O2S. The molecule has 6 heteroatoms. The quantitative estimate of drug-likeness (QED) is 0.770. The number of hydrogen-bond donors (Lipinski definition) is 2. The maximum atomic E-state index is 11.9. The number of hydrogen-bond acceptors (Lipinski definition) is 5. The Morgan fingerprint density at radius 3 is 2.37 bits per heavy atom. The molecule has 108 valence electrons. The summed E-state index contributed by atoms with van der Waals surface area (Å²) >= 11 is 1.38. The predicted octanol–water partition coefficient (Wildman–Crippen LogP) is 2.76. The van der Waals surface area contributed by atoms with E-state index >= 15 is 0 Å². The van der Waals surface area contributed by atoms with Crippen LogP contribution in [0.25, 0.3) is 0 Å². The zero-order valence-corrected chi connectivity index (χ0v) is 12.7. The van der Waals surface area contributed by atoms with Gasteiger partial charge in [-0.15, -0.1) is 10.2 Å². The Morgan fingerprint density at radius 1 is 1.26 bits per heavy atom. The number of nitrogens with one attached hydrogen (secondary N) is 1. The highest BCUT2D eigenvalue weighted by Gasteiger charge is 2.28. The molecule has 0 aliphatic carbocycles. The van der Waals surface area contributed by atoms with Crippen molar-refractivity contribution in [3.8, 4) is 0 Å². The molecule has 0 aliphatic rings. The van der Waals surface area contributed by atoms with Crippen molar-refractivity contribution in [1.82, 2.24) is 10.2 Å². The van der Waals surface area contributed by atoms with Crippen molar-refractivity contribution >= 4 is 22.4 Å². The van der Waals surface area contributed by atoms with Crippen molar-refractivity contribution in [2.24, 2.45) is 0 Å². The van der Waals surface area contributed by atoms with Gasteiger partial charge in [-0.25, -0.2) is 0 Å². The van der Waals surface area contributed by atoms with Crippen LogP contribution in [0, 0.1) is 0 Å². The molecule has 0 unspecified atom stereocenters. The molecule has 1 heterocycles. The van der Waals surface area contributed by atoms with E-state index < -0.39 is 5.60 Å². The Balaban J connectivity index is 2.57. The van der Waals surface area contributed by atoms with Gasteiger partial charge in [0.25, 0.3) is 0 Å². The fourth-order valence-corrected chi connectivity index (χ4v) is 2.84. The van der Waals surface area contributed by atoms with E-state index in [0.29, 0.717) is 18.0 Å². The number of aromatic nitrogens is 2. The van der Waals surface area contributed by atoms with Crippen molar-refractivity contribution in [3.63, 3.8) is 0 Å². The van der Waals surface area contributed by atoms with E-state index in [1.165, 1.54) is 11.3 Å². The van der Waals surface area contributed by atoms with E-state index in [4.69, 9.17) is 0 Å². The SMILES string of the molecule is CCCC(O)(CCC)CC(=O)Nc1nnc(CC)s1. The van der Waals surface area contributed by atoms with E-state index in [0.717, 1.165) is 24.3 Å². The highest BCUT2D eigenvalue weighted by molar-refractivity contribution is 7.15. The molecule has 0 aliphatic heterocycles. The minimum absolute atomic E-state index is 0.121. The summed E-state index contributed by atoms with van der Waals surface area (Å²) in [4.78, 5) is 11.9. The highest BCUT2D eigenvalue weighted by Crippen LogP contribution is 2.24. The van der Waals surface area contributed by atoms with Crippen LogP contribution in [0.15, 0.2) is 0 Å². The predicted molar refractivity (Wildman–Crippen MR) is 77.3 cm³/mol. The smallest absolute Gasteiger partial charge is 0.229 e. The van der Waals surface area contributed by atoms with Crippen LogP contribution in [0.1, 0.15) is 57.9 Å². The van der Waals surface area contributed by atoms with Crippen LogP contribution in [0.4, 0.5) is 5.13 Å². The molecule has 5 nitrogen and oxygen atoms in total. The molecule has 2 N–H and O–H groups in total. The molecule has 1 aromatic rings. The van der Waals surface area contributed by atoms with E-state index in [2.05, 4.69) is 15.5 Å². The monoisotopic (exact) mass is 285 g/mol. The molecule has 1 rings (SSSR count). The zero-order valence-electron chi connectivity index (χ0n) is 11.9. The molecule has 0 bridgehead atoms. The van der Waals surface area contributed by atoms with E-state index in [1.54, 1.807) is 0 Å². The van der Waals surface area contributed by atoms with Gasteiger partial charge in [0.05, 0.1) is 12.0 Å². The number of anilines is 1. The molecule has 0 saturated heterocycles. The second kappa shape index (κ2) is 7.55. The standard InChI is InChI=1S/C13H23N3O2S/c1-4-7-13(18,8-5-2)9-10(17)14-12-16-15-11(6-3)19-12/h18H,4-9H2,1-3H3,(H,14,16,17). The van der Waals surface area contributed by atoms with Crippen LogP contribution < -0.4 is 5.32 Å². The first-order chi connectivity index (χ1) is 9.03. The summed E-state index contributed by atoms with van der Waals surface area (Å²) in [7, 11) is 0. The number of carbonyl (C=O) groups is 1. The van der Waals surface area contributed by atoms with Gasteiger partial charge < -0.3 is 10.4 Å². The first-order valence-electron chi connectivity index (χ1n) is 6.87. The Bertz CT molecular complexity index is 400. The van der Waals surface area contributed by atoms with Crippen LogP contribution in [0.3, 0.4) is 0 Å². The summed E-state index contributed by atoms with van der Waals surface area (Å²) in [5.41, 5.74) is -0.897. The van der Waals surface area contributed by atoms with E-state index in [-0.39, 0.29) is 12.3 Å². The summed E-state index contributed by atoms with van der Waals surface area (Å²) in [5.74, 6) is -0.191. The summed E-state index contributed by atoms with van der Waals surface area (Å²) in [6.45, 7) is 6.01. The van der Waals surface area contributed by atoms with Crippen LogP contribution >= 0.6 is 11.3 Å². The van der Waals surface area contributed by atoms with Gasteiger partial charge in [0.1, 0.15) is 5.01 Å². The van der Waals surface area contributed by atoms with Crippen molar-refractivity contribution in [2.45, 2.75) is 64.9 Å². The van der Waals surface area contributed by atoms with Gasteiger partial charge in [-0.05, 0) is 19.3 Å². The van der Waals surface area contributed by atoms with Gasteiger partial charge in [0, 0.05) is 0 Å². The second-order valence-electron chi connectivity index (χ2n) is 4.80. The lowest BCUT2D eigenvalue weighted by Crippen LogP contribution is -2.33. The molecule has 0 spiro atoms. The van der Waals surface area contributed by atoms with Crippen molar-refractivity contribution in [1.29, 1.82) is 0 Å². The van der Waals surface area contributed by atoms with Crippen molar-refractivity contribution in [3.05, 3.63) is 5.01 Å². The zero-order chi connectivity index (χ0) is 14.3. The lowest BCUT2D eigenvalue weighted by atomic mass is 9.89. The molecule has 0 radical (unpaired) electrons. The molecule has 0 aromatic carbocycles. The third kappa shape index (κ3) is 5.24. The third-order valence-corrected chi connectivity index (χ3v) is 3.92. The number of nitrogens with zero attached hydrogens (tertiary/aromatic N) is 2. The minimum Gasteiger partial charge on any atom is -0.389 e. The lowest BCUT2D eigenvalue weighted by molar-refractivity contribution is -0.121. The van der Waals surface area contributed by atoms with Crippen LogP contribution in [0.5, 0.6) is 0 Å². The molecule has 0 saturated carbocycles. The van der Waals surface area contributed by atoms with Crippen LogP contribution in [0.2, 0.25) is 0 Å². The molecule has 1 aromatic heterocycles. The van der Waals surface area contributed by atoms with Gasteiger partial charge in [-0.1, -0.05) is 44.9 Å². The minimum atomic E-state index is -0.897. The normalized spacial score (nSPS) is 11.6. The fraction of sp³-hybridized carbons (Fsp3) is 0.769. The highest BCUT2D eigenvalue weighted by atomic mass is 32.1. The molecule has 0 atom stereocenters.